The molecule has 0 unspecified atom stereocenters. The van der Waals surface area contributed by atoms with Gasteiger partial charge in [-0.1, -0.05) is 12.1 Å². The number of methoxy groups -OCH3 is 1. The van der Waals surface area contributed by atoms with Gasteiger partial charge in [-0.25, -0.2) is 4.98 Å². The van der Waals surface area contributed by atoms with E-state index in [2.05, 4.69) is 10.3 Å². The van der Waals surface area contributed by atoms with Crippen LogP contribution in [-0.4, -0.2) is 33.7 Å². The second-order valence-electron chi connectivity index (χ2n) is 5.76. The van der Waals surface area contributed by atoms with Crippen LogP contribution in [0.2, 0.25) is 0 Å². The number of ether oxygens (including phenoxy) is 1. The van der Waals surface area contributed by atoms with E-state index in [-0.39, 0.29) is 18.0 Å². The molecule has 0 fully saturated rings. The summed E-state index contributed by atoms with van der Waals surface area (Å²) in [5.41, 5.74) is 2.33. The molecule has 1 aromatic carbocycles. The van der Waals surface area contributed by atoms with Crippen molar-refractivity contribution in [3.8, 4) is 5.75 Å². The molecule has 7 nitrogen and oxygen atoms in total. The first-order valence-corrected chi connectivity index (χ1v) is 7.99. The molecule has 0 aliphatic heterocycles. The fourth-order valence-electron chi connectivity index (χ4n) is 2.65. The highest BCUT2D eigenvalue weighted by molar-refractivity contribution is 5.79. The van der Waals surface area contributed by atoms with Gasteiger partial charge in [-0.3, -0.25) is 14.2 Å². The molecule has 2 aromatic heterocycles. The van der Waals surface area contributed by atoms with Crippen LogP contribution in [0, 0.1) is 0 Å². The number of amides is 1. The maximum atomic E-state index is 12.1. The molecule has 0 bridgehead atoms. The van der Waals surface area contributed by atoms with E-state index in [1.165, 1.54) is 10.6 Å². The Morgan fingerprint density at radius 2 is 1.96 bits per heavy atom. The number of benzene rings is 1. The van der Waals surface area contributed by atoms with Crippen molar-refractivity contribution in [3.05, 3.63) is 58.6 Å². The van der Waals surface area contributed by atoms with Gasteiger partial charge in [0.25, 0.3) is 5.56 Å². The highest BCUT2D eigenvalue weighted by Crippen LogP contribution is 2.11. The molecular weight excluding hydrogens is 320 g/mol. The number of aryl methyl sites for hydroxylation is 1. The number of imidazole rings is 1. The van der Waals surface area contributed by atoms with E-state index < -0.39 is 0 Å². The fourth-order valence-corrected chi connectivity index (χ4v) is 2.65. The monoisotopic (exact) mass is 340 g/mol. The third-order valence-corrected chi connectivity index (χ3v) is 4.10. The first-order valence-electron chi connectivity index (χ1n) is 7.99. The standard InChI is InChI=1S/C18H20N4O3/c1-21-17(24)8-7-15-18(21)20-12-22(15)11-16(23)19-10-9-13-3-5-14(25-2)6-4-13/h3-8,12H,9-11H2,1-2H3,(H,19,23). The van der Waals surface area contributed by atoms with Crippen LogP contribution in [0.1, 0.15) is 5.56 Å². The number of hydrogen-bond acceptors (Lipinski definition) is 4. The van der Waals surface area contributed by atoms with Crippen molar-refractivity contribution in [1.82, 2.24) is 19.4 Å². The van der Waals surface area contributed by atoms with Crippen LogP contribution in [0.3, 0.4) is 0 Å². The van der Waals surface area contributed by atoms with E-state index in [0.717, 1.165) is 23.3 Å². The van der Waals surface area contributed by atoms with Crippen LogP contribution in [0.4, 0.5) is 0 Å². The van der Waals surface area contributed by atoms with Crippen LogP contribution >= 0.6 is 0 Å². The second-order valence-corrected chi connectivity index (χ2v) is 5.76. The van der Waals surface area contributed by atoms with Crippen molar-refractivity contribution >= 4 is 17.1 Å². The molecule has 0 aliphatic rings. The predicted octanol–water partition coefficient (Wildman–Crippen LogP) is 1.10. The molecule has 7 heteroatoms. The number of hydrogen-bond donors (Lipinski definition) is 1. The normalized spacial score (nSPS) is 10.8. The number of pyridine rings is 1. The van der Waals surface area contributed by atoms with E-state index in [9.17, 15) is 9.59 Å². The van der Waals surface area contributed by atoms with Gasteiger partial charge in [0.05, 0.1) is 19.0 Å². The number of nitrogens with one attached hydrogen (secondary N) is 1. The van der Waals surface area contributed by atoms with Crippen molar-refractivity contribution in [1.29, 1.82) is 0 Å². The first kappa shape index (κ1) is 16.8. The minimum absolute atomic E-state index is 0.0957. The average molecular weight is 340 g/mol. The van der Waals surface area contributed by atoms with E-state index in [4.69, 9.17) is 4.74 Å². The fraction of sp³-hybridized carbons (Fsp3) is 0.278. The summed E-state index contributed by atoms with van der Waals surface area (Å²) in [6, 6.07) is 10.9. The van der Waals surface area contributed by atoms with Crippen LogP contribution in [0.5, 0.6) is 5.75 Å². The Hall–Kier alpha value is -3.09. The molecule has 0 spiro atoms. The summed E-state index contributed by atoms with van der Waals surface area (Å²) in [6.07, 6.45) is 2.32. The number of aromatic nitrogens is 3. The lowest BCUT2D eigenvalue weighted by atomic mass is 10.1. The van der Waals surface area contributed by atoms with Crippen molar-refractivity contribution in [3.63, 3.8) is 0 Å². The first-order chi connectivity index (χ1) is 12.1. The van der Waals surface area contributed by atoms with Crippen molar-refractivity contribution in [2.24, 2.45) is 7.05 Å². The zero-order valence-electron chi connectivity index (χ0n) is 14.2. The molecule has 25 heavy (non-hydrogen) atoms. The summed E-state index contributed by atoms with van der Waals surface area (Å²) in [7, 11) is 3.30. The average Bonchev–Trinajstić information content (AvgIpc) is 3.02. The van der Waals surface area contributed by atoms with Crippen molar-refractivity contribution < 1.29 is 9.53 Å². The van der Waals surface area contributed by atoms with E-state index in [1.54, 1.807) is 31.1 Å². The molecule has 0 radical (unpaired) electrons. The molecule has 1 N–H and O–H groups in total. The van der Waals surface area contributed by atoms with Gasteiger partial charge in [-0.15, -0.1) is 0 Å². The van der Waals surface area contributed by atoms with Crippen LogP contribution in [-0.2, 0) is 24.8 Å². The van der Waals surface area contributed by atoms with Gasteiger partial charge in [0, 0.05) is 19.7 Å². The lowest BCUT2D eigenvalue weighted by Crippen LogP contribution is -2.29. The van der Waals surface area contributed by atoms with Gasteiger partial charge < -0.3 is 14.6 Å². The summed E-state index contributed by atoms with van der Waals surface area (Å²) >= 11 is 0. The number of carbonyl (C=O) groups is 1. The molecule has 2 heterocycles. The summed E-state index contributed by atoms with van der Waals surface area (Å²) < 4.78 is 8.32. The number of nitrogens with zero attached hydrogens (tertiary/aromatic N) is 3. The smallest absolute Gasteiger partial charge is 0.252 e. The van der Waals surface area contributed by atoms with Gasteiger partial charge in [0.15, 0.2) is 5.65 Å². The maximum absolute atomic E-state index is 12.1. The molecule has 3 rings (SSSR count). The quantitative estimate of drug-likeness (QED) is 0.729. The Morgan fingerprint density at radius 3 is 2.68 bits per heavy atom. The van der Waals surface area contributed by atoms with E-state index in [0.29, 0.717) is 12.2 Å². The molecule has 3 aromatic rings. The Labute approximate surface area is 144 Å². The number of rotatable bonds is 6. The highest BCUT2D eigenvalue weighted by atomic mass is 16.5. The minimum Gasteiger partial charge on any atom is -0.497 e. The summed E-state index contributed by atoms with van der Waals surface area (Å²) in [5, 5.41) is 2.90. The van der Waals surface area contributed by atoms with Gasteiger partial charge in [-0.05, 0) is 30.2 Å². The molecule has 0 saturated carbocycles. The molecule has 0 saturated heterocycles. The lowest BCUT2D eigenvalue weighted by molar-refractivity contribution is -0.121. The largest absolute Gasteiger partial charge is 0.497 e. The van der Waals surface area contributed by atoms with Gasteiger partial charge in [-0.2, -0.15) is 0 Å². The van der Waals surface area contributed by atoms with Gasteiger partial charge in [0.1, 0.15) is 12.3 Å². The number of carbonyl (C=O) groups excluding carboxylic acids is 1. The topological polar surface area (TPSA) is 78.2 Å². The third kappa shape index (κ3) is 3.71. The summed E-state index contributed by atoms with van der Waals surface area (Å²) in [4.78, 5) is 28.0. The maximum Gasteiger partial charge on any atom is 0.252 e. The van der Waals surface area contributed by atoms with Gasteiger partial charge >= 0.3 is 0 Å². The zero-order chi connectivity index (χ0) is 17.8. The molecule has 0 aliphatic carbocycles. The second kappa shape index (κ2) is 7.21. The van der Waals surface area contributed by atoms with Crippen LogP contribution < -0.4 is 15.6 Å². The Bertz CT molecular complexity index is 941. The summed E-state index contributed by atoms with van der Waals surface area (Å²) in [5.74, 6) is 0.718. The SMILES string of the molecule is COc1ccc(CCNC(=O)Cn2cnc3c2ccc(=O)n3C)cc1. The molecular formula is C18H20N4O3. The molecule has 0 atom stereocenters. The Balaban J connectivity index is 1.57. The molecule has 1 amide bonds. The Morgan fingerprint density at radius 1 is 1.20 bits per heavy atom. The van der Waals surface area contributed by atoms with Gasteiger partial charge in [0.2, 0.25) is 5.91 Å². The van der Waals surface area contributed by atoms with E-state index >= 15 is 0 Å². The minimum atomic E-state index is -0.123. The Kier molecular flexibility index (Phi) is 4.83. The number of fused-ring (bicyclic) bond motifs is 1. The van der Waals surface area contributed by atoms with Crippen molar-refractivity contribution in [2.45, 2.75) is 13.0 Å². The molecule has 130 valence electrons. The third-order valence-electron chi connectivity index (χ3n) is 4.10. The van der Waals surface area contributed by atoms with Crippen LogP contribution in [0.15, 0.2) is 47.5 Å². The van der Waals surface area contributed by atoms with Crippen molar-refractivity contribution in [2.75, 3.05) is 13.7 Å². The van der Waals surface area contributed by atoms with E-state index in [1.807, 2.05) is 24.3 Å². The highest BCUT2D eigenvalue weighted by Gasteiger charge is 2.09. The van der Waals surface area contributed by atoms with Crippen LogP contribution in [0.25, 0.3) is 11.2 Å². The lowest BCUT2D eigenvalue weighted by Gasteiger charge is -2.08. The zero-order valence-corrected chi connectivity index (χ0v) is 14.2. The predicted molar refractivity (Wildman–Crippen MR) is 94.7 cm³/mol. The summed E-state index contributed by atoms with van der Waals surface area (Å²) in [6.45, 7) is 0.716.